The minimum absolute atomic E-state index is 0.506. The molecule has 0 aromatic heterocycles. The Bertz CT molecular complexity index is 443. The number of hydrogen-bond acceptors (Lipinski definition) is 2. The maximum Gasteiger partial charge on any atom is 0.119 e. The van der Waals surface area contributed by atoms with Crippen LogP contribution in [0, 0.1) is 0 Å². The fourth-order valence-corrected chi connectivity index (χ4v) is 2.33. The third kappa shape index (κ3) is 7.65. The average Bonchev–Trinajstić information content (AvgIpc) is 2.52. The molecule has 2 heteroatoms. The zero-order valence-electron chi connectivity index (χ0n) is 14.7. The topological polar surface area (TPSA) is 29.5 Å². The minimum Gasteiger partial charge on any atom is -0.493 e. The van der Waals surface area contributed by atoms with Crippen LogP contribution in [0.4, 0.5) is 0 Å². The first-order valence-corrected chi connectivity index (χ1v) is 8.56. The van der Waals surface area contributed by atoms with Crippen molar-refractivity contribution in [3.05, 3.63) is 41.5 Å². The van der Waals surface area contributed by atoms with Gasteiger partial charge in [0.1, 0.15) is 5.75 Å². The molecule has 0 fully saturated rings. The number of allylic oxidation sites excluding steroid dienone is 1. The van der Waals surface area contributed by atoms with Crippen LogP contribution < -0.4 is 4.74 Å². The van der Waals surface area contributed by atoms with Gasteiger partial charge in [0.15, 0.2) is 0 Å². The SMILES string of the molecule is CCc1ccc(OCCC=C(C)CCCC(C)(O)CC)cc1. The predicted molar refractivity (Wildman–Crippen MR) is 94.5 cm³/mol. The molecular formula is C20H32O2. The second kappa shape index (κ2) is 9.68. The van der Waals surface area contributed by atoms with Crippen molar-refractivity contribution >= 4 is 0 Å². The second-order valence-electron chi connectivity index (χ2n) is 6.39. The standard InChI is InChI=1S/C20H32O2/c1-5-18-11-13-19(14-12-18)22-16-8-10-17(3)9-7-15-20(4,21)6-2/h10-14,21H,5-9,15-16H2,1-4H3. The molecule has 0 aliphatic heterocycles. The molecule has 1 aromatic rings. The number of aliphatic hydroxyl groups is 1. The predicted octanol–water partition coefficient (Wildman–Crippen LogP) is 5.30. The van der Waals surface area contributed by atoms with Crippen molar-refractivity contribution in [3.63, 3.8) is 0 Å². The highest BCUT2D eigenvalue weighted by Gasteiger charge is 2.16. The number of aryl methyl sites for hydroxylation is 1. The van der Waals surface area contributed by atoms with E-state index in [4.69, 9.17) is 4.74 Å². The van der Waals surface area contributed by atoms with Gasteiger partial charge in [-0.05, 0) is 70.1 Å². The molecular weight excluding hydrogens is 272 g/mol. The summed E-state index contributed by atoms with van der Waals surface area (Å²) in [6, 6.07) is 8.33. The molecule has 22 heavy (non-hydrogen) atoms. The summed E-state index contributed by atoms with van der Waals surface area (Å²) in [5.74, 6) is 0.947. The van der Waals surface area contributed by atoms with Crippen molar-refractivity contribution in [1.82, 2.24) is 0 Å². The van der Waals surface area contributed by atoms with Gasteiger partial charge >= 0.3 is 0 Å². The van der Waals surface area contributed by atoms with Crippen LogP contribution >= 0.6 is 0 Å². The van der Waals surface area contributed by atoms with Gasteiger partial charge in [-0.25, -0.2) is 0 Å². The highest BCUT2D eigenvalue weighted by atomic mass is 16.5. The quantitative estimate of drug-likeness (QED) is 0.470. The number of hydrogen-bond donors (Lipinski definition) is 1. The van der Waals surface area contributed by atoms with E-state index in [1.807, 2.05) is 26.0 Å². The molecule has 0 saturated carbocycles. The van der Waals surface area contributed by atoms with Crippen LogP contribution in [0.5, 0.6) is 5.75 Å². The van der Waals surface area contributed by atoms with Gasteiger partial charge in [-0.3, -0.25) is 0 Å². The Labute approximate surface area is 136 Å². The molecule has 0 saturated heterocycles. The molecule has 1 atom stereocenters. The van der Waals surface area contributed by atoms with Crippen molar-refractivity contribution in [1.29, 1.82) is 0 Å². The van der Waals surface area contributed by atoms with E-state index in [2.05, 4.69) is 32.1 Å². The third-order valence-electron chi connectivity index (χ3n) is 4.26. The van der Waals surface area contributed by atoms with Gasteiger partial charge in [0.05, 0.1) is 12.2 Å². The van der Waals surface area contributed by atoms with Crippen LogP contribution in [0.1, 0.15) is 65.4 Å². The molecule has 0 aliphatic carbocycles. The van der Waals surface area contributed by atoms with Crippen LogP contribution in [0.25, 0.3) is 0 Å². The number of benzene rings is 1. The summed E-state index contributed by atoms with van der Waals surface area (Å²) in [7, 11) is 0. The average molecular weight is 304 g/mol. The fourth-order valence-electron chi connectivity index (χ4n) is 2.33. The van der Waals surface area contributed by atoms with Gasteiger partial charge in [-0.1, -0.05) is 37.6 Å². The number of rotatable bonds is 10. The van der Waals surface area contributed by atoms with Crippen LogP contribution in [-0.4, -0.2) is 17.3 Å². The van der Waals surface area contributed by atoms with Gasteiger partial charge < -0.3 is 9.84 Å². The second-order valence-corrected chi connectivity index (χ2v) is 6.39. The Kier molecular flexibility index (Phi) is 8.26. The molecule has 0 radical (unpaired) electrons. The molecule has 0 heterocycles. The molecule has 1 aromatic carbocycles. The van der Waals surface area contributed by atoms with E-state index in [9.17, 15) is 5.11 Å². The van der Waals surface area contributed by atoms with E-state index in [-0.39, 0.29) is 0 Å². The fraction of sp³-hybridized carbons (Fsp3) is 0.600. The van der Waals surface area contributed by atoms with Gasteiger partial charge in [0, 0.05) is 0 Å². The lowest BCUT2D eigenvalue weighted by Gasteiger charge is -2.20. The lowest BCUT2D eigenvalue weighted by Crippen LogP contribution is -2.22. The lowest BCUT2D eigenvalue weighted by atomic mass is 9.95. The largest absolute Gasteiger partial charge is 0.493 e. The molecule has 1 unspecified atom stereocenters. The van der Waals surface area contributed by atoms with Gasteiger partial charge in [-0.2, -0.15) is 0 Å². The highest BCUT2D eigenvalue weighted by molar-refractivity contribution is 5.27. The Hall–Kier alpha value is -1.28. The summed E-state index contributed by atoms with van der Waals surface area (Å²) < 4.78 is 5.75. The lowest BCUT2D eigenvalue weighted by molar-refractivity contribution is 0.0450. The van der Waals surface area contributed by atoms with Crippen LogP contribution in [0.15, 0.2) is 35.9 Å². The summed E-state index contributed by atoms with van der Waals surface area (Å²) in [6.45, 7) is 8.99. The van der Waals surface area contributed by atoms with Gasteiger partial charge in [0.2, 0.25) is 0 Å². The number of ether oxygens (including phenoxy) is 1. The van der Waals surface area contributed by atoms with Gasteiger partial charge in [-0.15, -0.1) is 0 Å². The maximum absolute atomic E-state index is 9.97. The Morgan fingerprint density at radius 1 is 1.23 bits per heavy atom. The van der Waals surface area contributed by atoms with E-state index >= 15 is 0 Å². The van der Waals surface area contributed by atoms with Crippen LogP contribution in [0.3, 0.4) is 0 Å². The van der Waals surface area contributed by atoms with Crippen molar-refractivity contribution in [2.75, 3.05) is 6.61 Å². The summed E-state index contributed by atoms with van der Waals surface area (Å²) in [4.78, 5) is 0. The first-order chi connectivity index (χ1) is 10.5. The van der Waals surface area contributed by atoms with Crippen molar-refractivity contribution in [2.45, 2.75) is 71.8 Å². The molecule has 0 bridgehead atoms. The highest BCUT2D eigenvalue weighted by Crippen LogP contribution is 2.19. The summed E-state index contributed by atoms with van der Waals surface area (Å²) in [5.41, 5.74) is 2.22. The summed E-state index contributed by atoms with van der Waals surface area (Å²) in [6.07, 6.45) is 8.04. The van der Waals surface area contributed by atoms with Crippen molar-refractivity contribution in [2.24, 2.45) is 0 Å². The zero-order valence-corrected chi connectivity index (χ0v) is 14.7. The minimum atomic E-state index is -0.506. The van der Waals surface area contributed by atoms with Crippen molar-refractivity contribution < 1.29 is 9.84 Å². The summed E-state index contributed by atoms with van der Waals surface area (Å²) in [5, 5.41) is 9.97. The zero-order chi connectivity index (χ0) is 16.4. The smallest absolute Gasteiger partial charge is 0.119 e. The van der Waals surface area contributed by atoms with E-state index < -0.39 is 5.60 Å². The molecule has 1 N–H and O–H groups in total. The first-order valence-electron chi connectivity index (χ1n) is 8.56. The molecule has 0 amide bonds. The molecule has 0 spiro atoms. The van der Waals surface area contributed by atoms with Gasteiger partial charge in [0.25, 0.3) is 0 Å². The third-order valence-corrected chi connectivity index (χ3v) is 4.26. The molecule has 1 rings (SSSR count). The maximum atomic E-state index is 9.97. The Balaban J connectivity index is 2.21. The Morgan fingerprint density at radius 2 is 1.91 bits per heavy atom. The monoisotopic (exact) mass is 304 g/mol. The van der Waals surface area contributed by atoms with Crippen LogP contribution in [-0.2, 0) is 6.42 Å². The molecule has 124 valence electrons. The van der Waals surface area contributed by atoms with E-state index in [1.54, 1.807) is 0 Å². The van der Waals surface area contributed by atoms with E-state index in [0.29, 0.717) is 0 Å². The molecule has 0 aliphatic rings. The first kappa shape index (κ1) is 18.8. The van der Waals surface area contributed by atoms with Crippen molar-refractivity contribution in [3.8, 4) is 5.75 Å². The normalized spacial score (nSPS) is 14.7. The van der Waals surface area contributed by atoms with Crippen LogP contribution in [0.2, 0.25) is 0 Å². The molecule has 2 nitrogen and oxygen atoms in total. The van der Waals surface area contributed by atoms with E-state index in [1.165, 1.54) is 11.1 Å². The Morgan fingerprint density at radius 3 is 2.50 bits per heavy atom. The van der Waals surface area contributed by atoms with E-state index in [0.717, 1.165) is 50.9 Å². The summed E-state index contributed by atoms with van der Waals surface area (Å²) >= 11 is 0.